The SMILES string of the molecule is CNc1ccc([N+](=O)[O-])cc1CN1C(=O)C(C)C(C)C1=O. The highest BCUT2D eigenvalue weighted by atomic mass is 16.6. The molecule has 0 radical (unpaired) electrons. The van der Waals surface area contributed by atoms with Gasteiger partial charge in [-0.1, -0.05) is 13.8 Å². The first-order chi connectivity index (χ1) is 9.86. The van der Waals surface area contributed by atoms with Crippen molar-refractivity contribution in [1.29, 1.82) is 0 Å². The second-order valence-corrected chi connectivity index (χ2v) is 5.19. The number of likely N-dealkylation sites (tertiary alicyclic amines) is 1. The van der Waals surface area contributed by atoms with E-state index in [1.807, 2.05) is 0 Å². The molecule has 1 saturated heterocycles. The molecular formula is C14H17N3O4. The third-order valence-electron chi connectivity index (χ3n) is 3.96. The van der Waals surface area contributed by atoms with E-state index in [2.05, 4.69) is 5.32 Å². The van der Waals surface area contributed by atoms with Gasteiger partial charge in [0.1, 0.15) is 0 Å². The van der Waals surface area contributed by atoms with Gasteiger partial charge >= 0.3 is 0 Å². The van der Waals surface area contributed by atoms with Crippen molar-refractivity contribution in [2.24, 2.45) is 11.8 Å². The molecule has 1 aromatic carbocycles. The van der Waals surface area contributed by atoms with E-state index in [-0.39, 0.29) is 35.9 Å². The van der Waals surface area contributed by atoms with Gasteiger partial charge in [0.2, 0.25) is 11.8 Å². The summed E-state index contributed by atoms with van der Waals surface area (Å²) in [5.41, 5.74) is 1.15. The van der Waals surface area contributed by atoms with Gasteiger partial charge in [-0.15, -0.1) is 0 Å². The summed E-state index contributed by atoms with van der Waals surface area (Å²) in [5.74, 6) is -1.18. The van der Waals surface area contributed by atoms with Crippen LogP contribution in [0.1, 0.15) is 19.4 Å². The Morgan fingerprint density at radius 2 is 1.81 bits per heavy atom. The van der Waals surface area contributed by atoms with Crippen LogP contribution >= 0.6 is 0 Å². The fourth-order valence-electron chi connectivity index (χ4n) is 2.42. The predicted octanol–water partition coefficient (Wildman–Crippen LogP) is 1.78. The lowest BCUT2D eigenvalue weighted by atomic mass is 10.00. The zero-order valence-corrected chi connectivity index (χ0v) is 12.1. The number of nitro groups is 1. The van der Waals surface area contributed by atoms with Crippen molar-refractivity contribution in [3.05, 3.63) is 33.9 Å². The standard InChI is InChI=1S/C14H17N3O4/c1-8-9(2)14(19)16(13(8)18)7-10-6-11(17(20)21)4-5-12(10)15-3/h4-6,8-9,15H,7H2,1-3H3. The molecule has 0 spiro atoms. The molecule has 2 amide bonds. The van der Waals surface area contributed by atoms with Crippen LogP contribution < -0.4 is 5.32 Å². The second kappa shape index (κ2) is 5.51. The Hall–Kier alpha value is -2.44. The number of carbonyl (C=O) groups excluding carboxylic acids is 2. The van der Waals surface area contributed by atoms with E-state index in [0.29, 0.717) is 11.3 Å². The van der Waals surface area contributed by atoms with Crippen LogP contribution in [-0.2, 0) is 16.1 Å². The number of nitrogens with one attached hydrogen (secondary N) is 1. The van der Waals surface area contributed by atoms with Crippen LogP contribution in [0.3, 0.4) is 0 Å². The topological polar surface area (TPSA) is 92.6 Å². The highest BCUT2D eigenvalue weighted by Crippen LogP contribution is 2.30. The minimum Gasteiger partial charge on any atom is -0.388 e. The minimum atomic E-state index is -0.498. The molecule has 1 heterocycles. The Balaban J connectivity index is 2.34. The van der Waals surface area contributed by atoms with Crippen LogP contribution in [0.2, 0.25) is 0 Å². The summed E-state index contributed by atoms with van der Waals surface area (Å²) in [7, 11) is 1.68. The molecule has 1 aliphatic rings. The maximum Gasteiger partial charge on any atom is 0.269 e. The summed E-state index contributed by atoms with van der Waals surface area (Å²) in [6.45, 7) is 3.48. The third-order valence-corrected chi connectivity index (χ3v) is 3.96. The van der Waals surface area contributed by atoms with Crippen LogP contribution in [0.15, 0.2) is 18.2 Å². The fourth-order valence-corrected chi connectivity index (χ4v) is 2.42. The van der Waals surface area contributed by atoms with Crippen molar-refractivity contribution in [3.63, 3.8) is 0 Å². The zero-order chi connectivity index (χ0) is 15.7. The van der Waals surface area contributed by atoms with Gasteiger partial charge in [0.25, 0.3) is 5.69 Å². The number of rotatable bonds is 4. The quantitative estimate of drug-likeness (QED) is 0.518. The number of carbonyl (C=O) groups is 2. The molecule has 1 fully saturated rings. The van der Waals surface area contributed by atoms with Crippen molar-refractivity contribution in [3.8, 4) is 0 Å². The Kier molecular flexibility index (Phi) is 3.93. The van der Waals surface area contributed by atoms with Gasteiger partial charge < -0.3 is 5.32 Å². The number of anilines is 1. The number of hydrogen-bond donors (Lipinski definition) is 1. The molecule has 1 aromatic rings. The van der Waals surface area contributed by atoms with E-state index in [1.165, 1.54) is 17.0 Å². The molecule has 112 valence electrons. The highest BCUT2D eigenvalue weighted by molar-refractivity contribution is 6.04. The molecule has 2 rings (SSSR count). The van der Waals surface area contributed by atoms with Crippen molar-refractivity contribution >= 4 is 23.2 Å². The largest absolute Gasteiger partial charge is 0.388 e. The van der Waals surface area contributed by atoms with Gasteiger partial charge in [-0.3, -0.25) is 24.6 Å². The van der Waals surface area contributed by atoms with Gasteiger partial charge in [0, 0.05) is 42.3 Å². The Morgan fingerprint density at radius 1 is 1.24 bits per heavy atom. The summed E-state index contributed by atoms with van der Waals surface area (Å²) in [4.78, 5) is 35.7. The average molecular weight is 291 g/mol. The maximum absolute atomic E-state index is 12.1. The Bertz CT molecular complexity index is 594. The van der Waals surface area contributed by atoms with Gasteiger partial charge in [0.05, 0.1) is 11.5 Å². The maximum atomic E-state index is 12.1. The molecule has 0 aliphatic carbocycles. The summed E-state index contributed by atoms with van der Waals surface area (Å²) in [5, 5.41) is 13.8. The molecule has 0 aromatic heterocycles. The van der Waals surface area contributed by atoms with Crippen LogP contribution in [0, 0.1) is 22.0 Å². The van der Waals surface area contributed by atoms with Crippen LogP contribution in [-0.4, -0.2) is 28.7 Å². The lowest BCUT2D eigenvalue weighted by molar-refractivity contribution is -0.384. The fraction of sp³-hybridized carbons (Fsp3) is 0.429. The van der Waals surface area contributed by atoms with Crippen molar-refractivity contribution in [1.82, 2.24) is 4.90 Å². The molecule has 1 N–H and O–H groups in total. The van der Waals surface area contributed by atoms with E-state index >= 15 is 0 Å². The number of non-ortho nitro benzene ring substituents is 1. The Morgan fingerprint density at radius 3 is 2.29 bits per heavy atom. The lowest BCUT2D eigenvalue weighted by Crippen LogP contribution is -2.30. The molecule has 2 unspecified atom stereocenters. The third kappa shape index (κ3) is 2.58. The molecular weight excluding hydrogens is 274 g/mol. The number of amides is 2. The zero-order valence-electron chi connectivity index (χ0n) is 12.1. The molecule has 0 saturated carbocycles. The van der Waals surface area contributed by atoms with E-state index in [9.17, 15) is 19.7 Å². The van der Waals surface area contributed by atoms with E-state index in [1.54, 1.807) is 27.0 Å². The summed E-state index contributed by atoms with van der Waals surface area (Å²) >= 11 is 0. The second-order valence-electron chi connectivity index (χ2n) is 5.19. The molecule has 0 bridgehead atoms. The van der Waals surface area contributed by atoms with Gasteiger partial charge in [-0.25, -0.2) is 0 Å². The molecule has 7 heteroatoms. The van der Waals surface area contributed by atoms with Crippen molar-refractivity contribution in [2.45, 2.75) is 20.4 Å². The average Bonchev–Trinajstić information content (AvgIpc) is 2.65. The number of nitro benzene ring substituents is 1. The van der Waals surface area contributed by atoms with Crippen molar-refractivity contribution in [2.75, 3.05) is 12.4 Å². The molecule has 21 heavy (non-hydrogen) atoms. The number of hydrogen-bond acceptors (Lipinski definition) is 5. The van der Waals surface area contributed by atoms with Crippen LogP contribution in [0.25, 0.3) is 0 Å². The summed E-state index contributed by atoms with van der Waals surface area (Å²) in [6.07, 6.45) is 0. The highest BCUT2D eigenvalue weighted by Gasteiger charge is 2.42. The van der Waals surface area contributed by atoms with Crippen molar-refractivity contribution < 1.29 is 14.5 Å². The van der Waals surface area contributed by atoms with Crippen LogP contribution in [0.5, 0.6) is 0 Å². The first-order valence-corrected chi connectivity index (χ1v) is 6.67. The van der Waals surface area contributed by atoms with E-state index in [0.717, 1.165) is 0 Å². The summed E-state index contributed by atoms with van der Waals surface area (Å²) in [6, 6.07) is 4.35. The predicted molar refractivity (Wildman–Crippen MR) is 76.5 cm³/mol. The lowest BCUT2D eigenvalue weighted by Gasteiger charge is -2.17. The van der Waals surface area contributed by atoms with Gasteiger partial charge in [0.15, 0.2) is 0 Å². The molecule has 1 aliphatic heterocycles. The smallest absolute Gasteiger partial charge is 0.269 e. The number of imide groups is 1. The Labute approximate surface area is 122 Å². The van der Waals surface area contributed by atoms with Gasteiger partial charge in [-0.05, 0) is 6.07 Å². The normalized spacial score (nSPS) is 21.8. The first kappa shape index (κ1) is 15.0. The minimum absolute atomic E-state index is 0.0458. The number of benzene rings is 1. The van der Waals surface area contributed by atoms with E-state index < -0.39 is 4.92 Å². The first-order valence-electron chi connectivity index (χ1n) is 6.67. The monoisotopic (exact) mass is 291 g/mol. The van der Waals surface area contributed by atoms with Crippen LogP contribution in [0.4, 0.5) is 11.4 Å². The molecule has 2 atom stereocenters. The number of nitrogens with zero attached hydrogens (tertiary/aromatic N) is 2. The molecule has 7 nitrogen and oxygen atoms in total. The van der Waals surface area contributed by atoms with Gasteiger partial charge in [-0.2, -0.15) is 0 Å². The van der Waals surface area contributed by atoms with E-state index in [4.69, 9.17) is 0 Å². The summed E-state index contributed by atoms with van der Waals surface area (Å²) < 4.78 is 0.